The molecule has 168 valence electrons. The van der Waals surface area contributed by atoms with Gasteiger partial charge in [-0.15, -0.1) is 0 Å². The van der Waals surface area contributed by atoms with Crippen LogP contribution in [0.15, 0.2) is 83.9 Å². The minimum absolute atomic E-state index is 0.214. The molecule has 2 aliphatic heterocycles. The van der Waals surface area contributed by atoms with Gasteiger partial charge >= 0.3 is 0 Å². The lowest BCUT2D eigenvalue weighted by atomic mass is 10.0. The Hall–Kier alpha value is -3.52. The van der Waals surface area contributed by atoms with E-state index >= 15 is 0 Å². The second-order valence-electron chi connectivity index (χ2n) is 7.86. The van der Waals surface area contributed by atoms with Crippen LogP contribution in [0.25, 0.3) is 0 Å². The van der Waals surface area contributed by atoms with Gasteiger partial charge in [0.1, 0.15) is 11.6 Å². The first-order valence-corrected chi connectivity index (χ1v) is 10.9. The minimum Gasteiger partial charge on any atom is -0.403 e. The quantitative estimate of drug-likeness (QED) is 0.460. The molecule has 32 heavy (non-hydrogen) atoms. The number of nitrogens with one attached hydrogen (secondary N) is 4. The third kappa shape index (κ3) is 5.03. The van der Waals surface area contributed by atoms with Crippen molar-refractivity contribution in [3.8, 4) is 0 Å². The van der Waals surface area contributed by atoms with Crippen molar-refractivity contribution >= 4 is 11.5 Å². The maximum absolute atomic E-state index is 14.3. The summed E-state index contributed by atoms with van der Waals surface area (Å²) < 4.78 is 14.3. The number of nitrogens with zero attached hydrogens (tertiary/aromatic N) is 2. The third-order valence-corrected chi connectivity index (χ3v) is 5.67. The summed E-state index contributed by atoms with van der Waals surface area (Å²) in [4.78, 5) is 6.94. The lowest BCUT2D eigenvalue weighted by molar-refractivity contribution is 0.215. The third-order valence-electron chi connectivity index (χ3n) is 5.67. The van der Waals surface area contributed by atoms with Crippen LogP contribution in [0.2, 0.25) is 0 Å². The molecule has 0 aliphatic carbocycles. The normalized spacial score (nSPS) is 21.5. The first kappa shape index (κ1) is 21.7. The van der Waals surface area contributed by atoms with Crippen molar-refractivity contribution in [1.82, 2.24) is 20.9 Å². The van der Waals surface area contributed by atoms with Gasteiger partial charge in [0.05, 0.1) is 11.4 Å². The maximum Gasteiger partial charge on any atom is 0.177 e. The lowest BCUT2D eigenvalue weighted by Crippen LogP contribution is -2.52. The van der Waals surface area contributed by atoms with Crippen LogP contribution in [-0.4, -0.2) is 36.2 Å². The Labute approximate surface area is 188 Å². The van der Waals surface area contributed by atoms with Crippen LogP contribution in [0.3, 0.4) is 0 Å². The van der Waals surface area contributed by atoms with E-state index < -0.39 is 0 Å². The van der Waals surface area contributed by atoms with E-state index in [1.807, 2.05) is 30.3 Å². The van der Waals surface area contributed by atoms with Crippen molar-refractivity contribution in [2.24, 2.45) is 10.7 Å². The second kappa shape index (κ2) is 10.2. The van der Waals surface area contributed by atoms with Crippen molar-refractivity contribution in [2.45, 2.75) is 31.7 Å². The predicted molar refractivity (Wildman–Crippen MR) is 127 cm³/mol. The Bertz CT molecular complexity index is 983. The molecular formula is C24H30FN7. The highest BCUT2D eigenvalue weighted by Gasteiger charge is 2.38. The molecule has 1 unspecified atom stereocenters. The summed E-state index contributed by atoms with van der Waals surface area (Å²) in [7, 11) is 0. The van der Waals surface area contributed by atoms with Gasteiger partial charge in [-0.2, -0.15) is 0 Å². The van der Waals surface area contributed by atoms with Gasteiger partial charge in [0.2, 0.25) is 0 Å². The Morgan fingerprint density at radius 3 is 2.59 bits per heavy atom. The van der Waals surface area contributed by atoms with Crippen molar-refractivity contribution in [1.29, 1.82) is 0 Å². The number of anilines is 1. The first-order chi connectivity index (χ1) is 15.7. The molecule has 2 aliphatic rings. The van der Waals surface area contributed by atoms with Crippen molar-refractivity contribution < 1.29 is 4.39 Å². The zero-order valence-corrected chi connectivity index (χ0v) is 18.0. The summed E-state index contributed by atoms with van der Waals surface area (Å²) in [5.41, 5.74) is 8.19. The van der Waals surface area contributed by atoms with Gasteiger partial charge in [-0.05, 0) is 43.6 Å². The highest BCUT2D eigenvalue weighted by atomic mass is 19.1. The molecule has 2 fully saturated rings. The summed E-state index contributed by atoms with van der Waals surface area (Å²) in [5, 5.41) is 13.3. The largest absolute Gasteiger partial charge is 0.403 e. The fraction of sp³-hybridized carbons (Fsp3) is 0.292. The van der Waals surface area contributed by atoms with Gasteiger partial charge in [0, 0.05) is 18.8 Å². The number of aliphatic imine (C=N–C) groups is 1. The number of para-hydroxylation sites is 1. The van der Waals surface area contributed by atoms with Crippen LogP contribution < -0.4 is 27.0 Å². The van der Waals surface area contributed by atoms with Crippen molar-refractivity contribution in [3.63, 3.8) is 0 Å². The number of rotatable bonds is 7. The van der Waals surface area contributed by atoms with E-state index in [2.05, 4.69) is 32.7 Å². The van der Waals surface area contributed by atoms with Gasteiger partial charge in [-0.25, -0.2) is 9.38 Å². The van der Waals surface area contributed by atoms with E-state index in [9.17, 15) is 4.39 Å². The molecule has 2 heterocycles. The molecule has 0 bridgehead atoms. The van der Waals surface area contributed by atoms with Crippen LogP contribution in [-0.2, 0) is 6.54 Å². The van der Waals surface area contributed by atoms with E-state index in [1.54, 1.807) is 18.2 Å². The molecule has 0 amide bonds. The van der Waals surface area contributed by atoms with E-state index in [4.69, 9.17) is 10.7 Å². The summed E-state index contributed by atoms with van der Waals surface area (Å²) >= 11 is 0. The SMILES string of the molecule is C=C(/N=C1\C(=C/N)NC(Nc2ccccc2F)N1C1CCNCC1)NCc1ccccc1. The predicted octanol–water partition coefficient (Wildman–Crippen LogP) is 2.64. The second-order valence-corrected chi connectivity index (χ2v) is 7.86. The average molecular weight is 436 g/mol. The monoisotopic (exact) mass is 435 g/mol. The zero-order valence-electron chi connectivity index (χ0n) is 18.0. The molecule has 0 saturated carbocycles. The Balaban J connectivity index is 1.58. The molecule has 4 rings (SSSR count). The number of nitrogens with two attached hydrogens (primary N) is 1. The molecule has 2 saturated heterocycles. The van der Waals surface area contributed by atoms with Gasteiger partial charge in [-0.3, -0.25) is 0 Å². The standard InChI is InChI=1S/C24H30FN7/c1-17(28-16-18-7-3-2-4-8-18)29-23-22(15-26)31-24(30-21-10-6-5-9-20(21)25)32(23)19-11-13-27-14-12-19/h2-10,15,19,24,27-28,30-31H,1,11-14,16,26H2/b22-15+,29-23+. The van der Waals surface area contributed by atoms with Crippen LogP contribution in [0.1, 0.15) is 18.4 Å². The lowest BCUT2D eigenvalue weighted by Gasteiger charge is -2.37. The fourth-order valence-electron chi connectivity index (χ4n) is 4.05. The minimum atomic E-state index is -0.384. The van der Waals surface area contributed by atoms with Gasteiger partial charge in [0.25, 0.3) is 0 Å². The Kier molecular flexibility index (Phi) is 6.91. The molecule has 1 atom stereocenters. The molecule has 7 nitrogen and oxygen atoms in total. The van der Waals surface area contributed by atoms with Crippen molar-refractivity contribution in [2.75, 3.05) is 18.4 Å². The number of hydrogen-bond donors (Lipinski definition) is 5. The molecule has 8 heteroatoms. The fourth-order valence-corrected chi connectivity index (χ4v) is 4.05. The highest BCUT2D eigenvalue weighted by Crippen LogP contribution is 2.26. The topological polar surface area (TPSA) is 89.7 Å². The number of hydrogen-bond acceptors (Lipinski definition) is 6. The van der Waals surface area contributed by atoms with Crippen LogP contribution in [0.4, 0.5) is 10.1 Å². The summed E-state index contributed by atoms with van der Waals surface area (Å²) in [6, 6.07) is 16.9. The number of halogens is 1. The Morgan fingerprint density at radius 2 is 1.88 bits per heavy atom. The van der Waals surface area contributed by atoms with E-state index in [1.165, 1.54) is 12.3 Å². The number of benzene rings is 2. The van der Waals surface area contributed by atoms with E-state index in [-0.39, 0.29) is 18.1 Å². The number of piperidine rings is 1. The van der Waals surface area contributed by atoms with Crippen LogP contribution >= 0.6 is 0 Å². The molecule has 2 aromatic carbocycles. The molecule has 6 N–H and O–H groups in total. The van der Waals surface area contributed by atoms with Gasteiger partial charge in [0.15, 0.2) is 12.1 Å². The van der Waals surface area contributed by atoms with E-state index in [0.29, 0.717) is 29.6 Å². The van der Waals surface area contributed by atoms with Crippen molar-refractivity contribution in [3.05, 3.63) is 90.3 Å². The molecular weight excluding hydrogens is 405 g/mol. The maximum atomic E-state index is 14.3. The van der Waals surface area contributed by atoms with Crippen LogP contribution in [0, 0.1) is 5.82 Å². The summed E-state index contributed by atoms with van der Waals surface area (Å²) in [6.07, 6.45) is 3.00. The molecule has 0 radical (unpaired) electrons. The van der Waals surface area contributed by atoms with Gasteiger partial charge < -0.3 is 31.9 Å². The summed E-state index contributed by atoms with van der Waals surface area (Å²) in [5.74, 6) is 0.923. The van der Waals surface area contributed by atoms with Crippen LogP contribution in [0.5, 0.6) is 0 Å². The summed E-state index contributed by atoms with van der Waals surface area (Å²) in [6.45, 7) is 6.54. The van der Waals surface area contributed by atoms with Gasteiger partial charge in [-0.1, -0.05) is 49.0 Å². The Morgan fingerprint density at radius 1 is 1.16 bits per heavy atom. The smallest absolute Gasteiger partial charge is 0.177 e. The first-order valence-electron chi connectivity index (χ1n) is 10.9. The molecule has 2 aromatic rings. The highest BCUT2D eigenvalue weighted by molar-refractivity contribution is 6.01. The average Bonchev–Trinajstić information content (AvgIpc) is 3.17. The molecule has 0 spiro atoms. The zero-order chi connectivity index (χ0) is 22.3. The molecule has 0 aromatic heterocycles. The van der Waals surface area contributed by atoms with E-state index in [0.717, 1.165) is 31.5 Å². The number of amidine groups is 1.